The van der Waals surface area contributed by atoms with Gasteiger partial charge in [-0.2, -0.15) is 0 Å². The molecule has 0 aromatic heterocycles. The molecule has 1 aliphatic carbocycles. The highest BCUT2D eigenvalue weighted by Crippen LogP contribution is 2.51. The van der Waals surface area contributed by atoms with Crippen LogP contribution in [0.5, 0.6) is 0 Å². The van der Waals surface area contributed by atoms with Crippen LogP contribution < -0.4 is 11.1 Å². The zero-order chi connectivity index (χ0) is 31.1. The number of methoxy groups -OCH3 is 1. The number of benzene rings is 2. The number of alkyl carbamates (subject to hydrolysis) is 1. The molecule has 12 heteroatoms. The maximum absolute atomic E-state index is 14.2. The van der Waals surface area contributed by atoms with Gasteiger partial charge in [0, 0.05) is 24.2 Å². The second-order valence-corrected chi connectivity index (χ2v) is 12.8. The minimum absolute atomic E-state index is 0.104. The normalized spacial score (nSPS) is 16.0. The van der Waals surface area contributed by atoms with Crippen molar-refractivity contribution in [2.75, 3.05) is 25.2 Å². The molecule has 3 atom stereocenters. The Hall–Kier alpha value is -3.53. The highest BCUT2D eigenvalue weighted by atomic mass is 32.2. The first-order valence-electron chi connectivity index (χ1n) is 13.7. The van der Waals surface area contributed by atoms with Crippen LogP contribution in [0.3, 0.4) is 0 Å². The van der Waals surface area contributed by atoms with E-state index in [0.717, 1.165) is 25.3 Å². The lowest BCUT2D eigenvalue weighted by atomic mass is 9.97. The van der Waals surface area contributed by atoms with Crippen molar-refractivity contribution in [2.24, 2.45) is 5.73 Å². The molecule has 9 nitrogen and oxygen atoms in total. The summed E-state index contributed by atoms with van der Waals surface area (Å²) >= 11 is 0. The Kier molecular flexibility index (Phi) is 11.1. The Morgan fingerprint density at radius 3 is 2.45 bits per heavy atom. The van der Waals surface area contributed by atoms with E-state index in [1.165, 1.54) is 4.90 Å². The zero-order valence-corrected chi connectivity index (χ0v) is 24.5. The average molecular weight is 606 g/mol. The Balaban J connectivity index is 1.98. The van der Waals surface area contributed by atoms with Crippen LogP contribution in [0, 0.1) is 24.0 Å². The number of sulfone groups is 1. The van der Waals surface area contributed by atoms with Gasteiger partial charge in [-0.05, 0) is 61.1 Å². The second kappa shape index (κ2) is 14.1. The lowest BCUT2D eigenvalue weighted by Crippen LogP contribution is -2.57. The van der Waals surface area contributed by atoms with Gasteiger partial charge >= 0.3 is 6.09 Å². The molecule has 0 aliphatic heterocycles. The molecule has 0 unspecified atom stereocenters. The van der Waals surface area contributed by atoms with Crippen molar-refractivity contribution in [1.29, 1.82) is 0 Å². The van der Waals surface area contributed by atoms with Crippen molar-refractivity contribution in [3.63, 3.8) is 0 Å². The van der Waals surface area contributed by atoms with Gasteiger partial charge in [0.15, 0.2) is 9.84 Å². The highest BCUT2D eigenvalue weighted by Gasteiger charge is 2.53. The number of carbonyl (C=O) groups excluding carboxylic acids is 2. The lowest BCUT2D eigenvalue weighted by molar-refractivity contribution is -0.138. The van der Waals surface area contributed by atoms with Crippen LogP contribution in [0.25, 0.3) is 0 Å². The predicted molar refractivity (Wildman–Crippen MR) is 154 cm³/mol. The summed E-state index contributed by atoms with van der Waals surface area (Å²) in [5, 5.41) is 13.5. The van der Waals surface area contributed by atoms with Crippen LogP contribution >= 0.6 is 0 Å². The third-order valence-corrected chi connectivity index (χ3v) is 9.09. The van der Waals surface area contributed by atoms with Crippen molar-refractivity contribution in [1.82, 2.24) is 10.2 Å². The van der Waals surface area contributed by atoms with Crippen molar-refractivity contribution >= 4 is 21.8 Å². The number of hydrogen-bond donors (Lipinski definition) is 3. The van der Waals surface area contributed by atoms with Gasteiger partial charge in [-0.1, -0.05) is 31.4 Å². The van der Waals surface area contributed by atoms with Gasteiger partial charge < -0.3 is 25.8 Å². The van der Waals surface area contributed by atoms with Gasteiger partial charge in [0.2, 0.25) is 5.91 Å². The molecular weight excluding hydrogens is 568 g/mol. The maximum atomic E-state index is 14.2. The van der Waals surface area contributed by atoms with Crippen molar-refractivity contribution in [3.05, 3.63) is 70.8 Å². The summed E-state index contributed by atoms with van der Waals surface area (Å²) in [5.74, 6) is -0.655. The first-order chi connectivity index (χ1) is 19.8. The van der Waals surface area contributed by atoms with E-state index in [1.54, 1.807) is 24.3 Å². The van der Waals surface area contributed by atoms with Gasteiger partial charge in [0.1, 0.15) is 17.7 Å². The first-order valence-corrected chi connectivity index (χ1v) is 15.5. The fourth-order valence-corrected chi connectivity index (χ4v) is 6.56. The number of nitrogens with two attached hydrogens (primary N) is 1. The minimum atomic E-state index is -3.77. The van der Waals surface area contributed by atoms with Crippen LogP contribution in [0.15, 0.2) is 42.5 Å². The summed E-state index contributed by atoms with van der Waals surface area (Å²) in [4.78, 5) is 27.7. The molecule has 0 bridgehead atoms. The fourth-order valence-electron chi connectivity index (χ4n) is 4.93. The molecule has 2 aromatic rings. The summed E-state index contributed by atoms with van der Waals surface area (Å²) in [6, 6.07) is 7.31. The van der Waals surface area contributed by atoms with Crippen LogP contribution in [0.2, 0.25) is 0 Å². The standard InChI is InChI=1S/C30H37F2N3O6S/c1-4-6-12-42(39,40)19-26(34-29(38)41-3)28(37)35(30(10-11-30)22-9-7-8-20(5-2)13-22)18-27(36)25(33)16-21-14-23(31)17-24(32)15-21/h2,7-9,13-15,17,25-27,36H,4,6,10-12,16,18-19,33H2,1,3H3,(H,34,38)/t25-,26+,27+/m0/s1. The van der Waals surface area contributed by atoms with Crippen LogP contribution in [0.1, 0.15) is 49.3 Å². The minimum Gasteiger partial charge on any atom is -0.453 e. The van der Waals surface area contributed by atoms with E-state index in [4.69, 9.17) is 12.2 Å². The largest absolute Gasteiger partial charge is 0.453 e. The Morgan fingerprint density at radius 1 is 1.21 bits per heavy atom. The fraction of sp³-hybridized carbons (Fsp3) is 0.467. The molecular formula is C30H37F2N3O6S. The molecule has 1 fully saturated rings. The third kappa shape index (κ3) is 8.50. The average Bonchev–Trinajstić information content (AvgIpc) is 3.75. The Morgan fingerprint density at radius 2 is 1.88 bits per heavy atom. The molecule has 3 rings (SSSR count). The maximum Gasteiger partial charge on any atom is 0.407 e. The molecule has 2 amide bonds. The number of aliphatic hydroxyl groups excluding tert-OH is 1. The van der Waals surface area contributed by atoms with Crippen molar-refractivity contribution < 1.29 is 36.6 Å². The number of nitrogens with one attached hydrogen (secondary N) is 1. The van der Waals surface area contributed by atoms with Crippen molar-refractivity contribution in [3.8, 4) is 12.3 Å². The summed E-state index contributed by atoms with van der Waals surface area (Å²) in [6.45, 7) is 1.48. The van der Waals surface area contributed by atoms with Crippen LogP contribution in [-0.2, 0) is 31.3 Å². The third-order valence-electron chi connectivity index (χ3n) is 7.34. The number of nitrogens with zero attached hydrogens (tertiary/aromatic N) is 1. The zero-order valence-electron chi connectivity index (χ0n) is 23.7. The molecule has 0 heterocycles. The van der Waals surface area contributed by atoms with Gasteiger partial charge in [-0.25, -0.2) is 22.0 Å². The molecule has 4 N–H and O–H groups in total. The summed E-state index contributed by atoms with van der Waals surface area (Å²) in [7, 11) is -2.68. The van der Waals surface area contributed by atoms with Crippen LogP contribution in [-0.4, -0.2) is 73.8 Å². The lowest BCUT2D eigenvalue weighted by Gasteiger charge is -2.37. The number of carbonyl (C=O) groups is 2. The second-order valence-electron chi connectivity index (χ2n) is 10.6. The number of hydrogen-bond acceptors (Lipinski definition) is 7. The number of amides is 2. The van der Waals surface area contributed by atoms with Gasteiger partial charge in [0.25, 0.3) is 0 Å². The van der Waals surface area contributed by atoms with E-state index in [2.05, 4.69) is 16.0 Å². The predicted octanol–water partition coefficient (Wildman–Crippen LogP) is 2.63. The Labute approximate surface area is 245 Å². The van der Waals surface area contributed by atoms with E-state index >= 15 is 0 Å². The van der Waals surface area contributed by atoms with E-state index in [0.29, 0.717) is 36.8 Å². The molecule has 0 saturated heterocycles. The monoisotopic (exact) mass is 605 g/mol. The number of ether oxygens (including phenoxy) is 1. The van der Waals surface area contributed by atoms with E-state index in [1.807, 2.05) is 6.92 Å². The molecule has 2 aromatic carbocycles. The highest BCUT2D eigenvalue weighted by molar-refractivity contribution is 7.91. The number of rotatable bonds is 14. The molecule has 0 radical (unpaired) electrons. The molecule has 1 aliphatic rings. The molecule has 42 heavy (non-hydrogen) atoms. The topological polar surface area (TPSA) is 139 Å². The van der Waals surface area contributed by atoms with Crippen molar-refractivity contribution in [2.45, 2.75) is 62.8 Å². The first kappa shape index (κ1) is 33.0. The SMILES string of the molecule is C#Cc1cccc(C2(N(C[C@@H](O)[C@@H](N)Cc3cc(F)cc(F)c3)C(=O)[C@@H](CS(=O)(=O)CCCC)NC(=O)OC)CC2)c1. The quantitative estimate of drug-likeness (QED) is 0.282. The summed E-state index contributed by atoms with van der Waals surface area (Å²) in [6.07, 6.45) is 5.04. The smallest absolute Gasteiger partial charge is 0.407 e. The van der Waals surface area contributed by atoms with E-state index < -0.39 is 63.0 Å². The summed E-state index contributed by atoms with van der Waals surface area (Å²) in [5.41, 5.74) is 6.72. The molecule has 228 valence electrons. The molecule has 0 spiro atoms. The van der Waals surface area contributed by atoms with Gasteiger partial charge in [0.05, 0.1) is 30.3 Å². The van der Waals surface area contributed by atoms with E-state index in [-0.39, 0.29) is 24.3 Å². The van der Waals surface area contributed by atoms with Gasteiger partial charge in [-0.3, -0.25) is 4.79 Å². The Bertz CT molecular complexity index is 1400. The number of halogens is 2. The van der Waals surface area contributed by atoms with Crippen LogP contribution in [0.4, 0.5) is 13.6 Å². The van der Waals surface area contributed by atoms with Gasteiger partial charge in [-0.15, -0.1) is 6.42 Å². The number of terminal acetylenes is 1. The number of unbranched alkanes of at least 4 members (excludes halogenated alkanes) is 1. The number of aliphatic hydroxyl groups is 1. The molecule has 1 saturated carbocycles. The summed E-state index contributed by atoms with van der Waals surface area (Å²) < 4.78 is 57.9. The van der Waals surface area contributed by atoms with E-state index in [9.17, 15) is 31.9 Å².